The van der Waals surface area contributed by atoms with Crippen LogP contribution in [-0.4, -0.2) is 18.5 Å². The summed E-state index contributed by atoms with van der Waals surface area (Å²) in [4.78, 5) is 12.4. The summed E-state index contributed by atoms with van der Waals surface area (Å²) in [7, 11) is 0. The third-order valence-corrected chi connectivity index (χ3v) is 4.24. The van der Waals surface area contributed by atoms with Gasteiger partial charge < -0.3 is 11.1 Å². The van der Waals surface area contributed by atoms with Crippen LogP contribution >= 0.6 is 12.4 Å². The minimum atomic E-state index is -0.0837. The summed E-state index contributed by atoms with van der Waals surface area (Å²) in [6.45, 7) is 4.86. The smallest absolute Gasteiger partial charge is 0.226 e. The fourth-order valence-corrected chi connectivity index (χ4v) is 2.83. The Bertz CT molecular complexity index is 240. The quantitative estimate of drug-likeness (QED) is 0.751. The highest BCUT2D eigenvalue weighted by molar-refractivity contribution is 5.85. The van der Waals surface area contributed by atoms with Gasteiger partial charge in [0.05, 0.1) is 0 Å². The third-order valence-electron chi connectivity index (χ3n) is 4.24. The van der Waals surface area contributed by atoms with Gasteiger partial charge in [-0.05, 0) is 25.7 Å². The standard InChI is InChI=1S/C14H28N2O.ClH/c1-3-5-8-12(11-15)16-13(17)14(4-2)9-6-7-10-14;/h12H,3-11,15H2,1-2H3,(H,16,17);1H. The molecule has 1 aliphatic rings. The molecule has 3 N–H and O–H groups in total. The van der Waals surface area contributed by atoms with Crippen LogP contribution in [0.1, 0.15) is 65.2 Å². The average molecular weight is 277 g/mol. The molecule has 4 heteroatoms. The van der Waals surface area contributed by atoms with Gasteiger partial charge in [0, 0.05) is 18.0 Å². The molecule has 3 nitrogen and oxygen atoms in total. The molecule has 0 bridgehead atoms. The molecule has 1 rings (SSSR count). The van der Waals surface area contributed by atoms with E-state index < -0.39 is 0 Å². The summed E-state index contributed by atoms with van der Waals surface area (Å²) in [5.74, 6) is 0.254. The predicted molar refractivity (Wildman–Crippen MR) is 79.0 cm³/mol. The predicted octanol–water partition coefficient (Wildman–Crippen LogP) is 3.01. The molecule has 18 heavy (non-hydrogen) atoms. The van der Waals surface area contributed by atoms with Crippen molar-refractivity contribution in [3.05, 3.63) is 0 Å². The summed E-state index contributed by atoms with van der Waals surface area (Å²) in [5.41, 5.74) is 5.65. The zero-order chi connectivity index (χ0) is 12.7. The second kappa shape index (κ2) is 8.76. The molecule has 1 fully saturated rings. The molecule has 0 aromatic heterocycles. The van der Waals surface area contributed by atoms with Crippen LogP contribution < -0.4 is 11.1 Å². The van der Waals surface area contributed by atoms with Crippen molar-refractivity contribution in [2.75, 3.05) is 6.54 Å². The van der Waals surface area contributed by atoms with E-state index in [1.165, 1.54) is 12.8 Å². The van der Waals surface area contributed by atoms with E-state index in [2.05, 4.69) is 19.2 Å². The number of carbonyl (C=O) groups excluding carboxylic acids is 1. The molecule has 0 aromatic rings. The maximum atomic E-state index is 12.4. The van der Waals surface area contributed by atoms with Crippen molar-refractivity contribution in [2.45, 2.75) is 71.3 Å². The van der Waals surface area contributed by atoms with Crippen molar-refractivity contribution in [3.8, 4) is 0 Å². The second-order valence-corrected chi connectivity index (χ2v) is 5.39. The zero-order valence-corrected chi connectivity index (χ0v) is 12.7. The van der Waals surface area contributed by atoms with Crippen molar-refractivity contribution in [2.24, 2.45) is 11.1 Å². The monoisotopic (exact) mass is 276 g/mol. The fraction of sp³-hybridized carbons (Fsp3) is 0.929. The van der Waals surface area contributed by atoms with Crippen LogP contribution in [0.5, 0.6) is 0 Å². The Balaban J connectivity index is 0.00000289. The SMILES string of the molecule is CCCCC(CN)NC(=O)C1(CC)CCCC1.Cl. The van der Waals surface area contributed by atoms with Gasteiger partial charge in [-0.2, -0.15) is 0 Å². The number of unbranched alkanes of at least 4 members (excludes halogenated alkanes) is 1. The zero-order valence-electron chi connectivity index (χ0n) is 11.8. The van der Waals surface area contributed by atoms with Crippen LogP contribution in [0.2, 0.25) is 0 Å². The van der Waals surface area contributed by atoms with Crippen molar-refractivity contribution in [1.82, 2.24) is 5.32 Å². The number of carbonyl (C=O) groups is 1. The highest BCUT2D eigenvalue weighted by Crippen LogP contribution is 2.41. The molecule has 1 atom stereocenters. The summed E-state index contributed by atoms with van der Waals surface area (Å²) in [5, 5.41) is 3.17. The molecule has 0 spiro atoms. The largest absolute Gasteiger partial charge is 0.352 e. The molecule has 0 saturated heterocycles. The van der Waals surface area contributed by atoms with E-state index in [9.17, 15) is 4.79 Å². The van der Waals surface area contributed by atoms with Gasteiger partial charge in [-0.3, -0.25) is 4.79 Å². The van der Waals surface area contributed by atoms with E-state index in [0.717, 1.165) is 38.5 Å². The first-order valence-corrected chi connectivity index (χ1v) is 7.19. The van der Waals surface area contributed by atoms with Crippen LogP contribution in [-0.2, 0) is 4.79 Å². The van der Waals surface area contributed by atoms with Crippen molar-refractivity contribution < 1.29 is 4.79 Å². The van der Waals surface area contributed by atoms with Crippen molar-refractivity contribution in [3.63, 3.8) is 0 Å². The number of hydrogen-bond acceptors (Lipinski definition) is 2. The number of nitrogens with one attached hydrogen (secondary N) is 1. The highest BCUT2D eigenvalue weighted by Gasteiger charge is 2.39. The van der Waals surface area contributed by atoms with Gasteiger partial charge in [0.2, 0.25) is 5.91 Å². The molecule has 0 aromatic carbocycles. The minimum Gasteiger partial charge on any atom is -0.352 e. The molecule has 1 unspecified atom stereocenters. The summed E-state index contributed by atoms with van der Waals surface area (Å²) in [6, 6.07) is 0.173. The first kappa shape index (κ1) is 17.7. The molecule has 0 heterocycles. The Kier molecular flexibility index (Phi) is 8.62. The van der Waals surface area contributed by atoms with Crippen LogP contribution in [0.15, 0.2) is 0 Å². The first-order chi connectivity index (χ1) is 8.18. The number of halogens is 1. The van der Waals surface area contributed by atoms with Gasteiger partial charge in [0.15, 0.2) is 0 Å². The maximum absolute atomic E-state index is 12.4. The molecule has 0 radical (unpaired) electrons. The van der Waals surface area contributed by atoms with E-state index in [-0.39, 0.29) is 29.8 Å². The van der Waals surface area contributed by atoms with Crippen LogP contribution in [0.25, 0.3) is 0 Å². The van der Waals surface area contributed by atoms with E-state index in [1.54, 1.807) is 0 Å². The third kappa shape index (κ3) is 4.43. The normalized spacial score (nSPS) is 19.1. The van der Waals surface area contributed by atoms with E-state index in [1.807, 2.05) is 0 Å². The molecular formula is C14H29ClN2O. The van der Waals surface area contributed by atoms with Crippen LogP contribution in [0.4, 0.5) is 0 Å². The van der Waals surface area contributed by atoms with E-state index in [0.29, 0.717) is 6.54 Å². The van der Waals surface area contributed by atoms with Gasteiger partial charge in [-0.15, -0.1) is 12.4 Å². The van der Waals surface area contributed by atoms with Crippen molar-refractivity contribution >= 4 is 18.3 Å². The average Bonchev–Trinajstić information content (AvgIpc) is 2.84. The lowest BCUT2D eigenvalue weighted by atomic mass is 9.82. The Morgan fingerprint density at radius 1 is 1.33 bits per heavy atom. The van der Waals surface area contributed by atoms with Gasteiger partial charge in [-0.25, -0.2) is 0 Å². The van der Waals surface area contributed by atoms with E-state index in [4.69, 9.17) is 5.73 Å². The lowest BCUT2D eigenvalue weighted by molar-refractivity contribution is -0.131. The molecule has 0 aliphatic heterocycles. The molecular weight excluding hydrogens is 248 g/mol. The van der Waals surface area contributed by atoms with Crippen LogP contribution in [0.3, 0.4) is 0 Å². The van der Waals surface area contributed by atoms with Gasteiger partial charge >= 0.3 is 0 Å². The summed E-state index contributed by atoms with van der Waals surface area (Å²) in [6.07, 6.45) is 8.78. The van der Waals surface area contributed by atoms with E-state index >= 15 is 0 Å². The topological polar surface area (TPSA) is 55.1 Å². The summed E-state index contributed by atoms with van der Waals surface area (Å²) >= 11 is 0. The van der Waals surface area contributed by atoms with Crippen LogP contribution in [0, 0.1) is 5.41 Å². The number of nitrogens with two attached hydrogens (primary N) is 1. The molecule has 1 saturated carbocycles. The minimum absolute atomic E-state index is 0. The number of amides is 1. The number of hydrogen-bond donors (Lipinski definition) is 2. The Hall–Kier alpha value is -0.280. The molecule has 1 aliphatic carbocycles. The fourth-order valence-electron chi connectivity index (χ4n) is 2.83. The Morgan fingerprint density at radius 3 is 2.39 bits per heavy atom. The Morgan fingerprint density at radius 2 is 1.94 bits per heavy atom. The first-order valence-electron chi connectivity index (χ1n) is 7.19. The summed E-state index contributed by atoms with van der Waals surface area (Å²) < 4.78 is 0. The second-order valence-electron chi connectivity index (χ2n) is 5.39. The number of rotatable bonds is 7. The van der Waals surface area contributed by atoms with Gasteiger partial charge in [-0.1, -0.05) is 39.5 Å². The van der Waals surface area contributed by atoms with Gasteiger partial charge in [0.25, 0.3) is 0 Å². The molecule has 1 amide bonds. The Labute approximate surface area is 118 Å². The molecule has 108 valence electrons. The van der Waals surface area contributed by atoms with Gasteiger partial charge in [0.1, 0.15) is 0 Å². The van der Waals surface area contributed by atoms with Crippen molar-refractivity contribution in [1.29, 1.82) is 0 Å². The highest BCUT2D eigenvalue weighted by atomic mass is 35.5. The maximum Gasteiger partial charge on any atom is 0.226 e. The lowest BCUT2D eigenvalue weighted by Gasteiger charge is -2.29. The lowest BCUT2D eigenvalue weighted by Crippen LogP contribution is -2.47.